The van der Waals surface area contributed by atoms with Crippen LogP contribution in [-0.2, 0) is 11.8 Å². The molecule has 1 heterocycles. The highest BCUT2D eigenvalue weighted by Crippen LogP contribution is 2.24. The van der Waals surface area contributed by atoms with Crippen molar-refractivity contribution < 1.29 is 9.47 Å². The first-order valence-electron chi connectivity index (χ1n) is 5.70. The number of thiocarbonyl (C=S) groups is 1. The van der Waals surface area contributed by atoms with Gasteiger partial charge in [-0.1, -0.05) is 6.07 Å². The second kappa shape index (κ2) is 5.41. The molecule has 1 aromatic carbocycles. The average molecular weight is 281 g/mol. The summed E-state index contributed by atoms with van der Waals surface area (Å²) in [5.74, 6) is 0.601. The van der Waals surface area contributed by atoms with E-state index in [0.29, 0.717) is 30.0 Å². The van der Waals surface area contributed by atoms with E-state index < -0.39 is 0 Å². The molecule has 0 aliphatic heterocycles. The molecule has 0 saturated carbocycles. The van der Waals surface area contributed by atoms with Crippen LogP contribution in [0.5, 0.6) is 5.75 Å². The fourth-order valence-electron chi connectivity index (χ4n) is 1.94. The maximum absolute atomic E-state index is 12.1. The summed E-state index contributed by atoms with van der Waals surface area (Å²) in [6, 6.07) is 5.36. The molecule has 1 aromatic heterocycles. The number of benzene rings is 1. The van der Waals surface area contributed by atoms with Gasteiger partial charge in [-0.05, 0) is 24.4 Å². The lowest BCUT2D eigenvalue weighted by atomic mass is 10.3. The van der Waals surface area contributed by atoms with Crippen molar-refractivity contribution in [3.8, 4) is 5.75 Å². The summed E-state index contributed by atoms with van der Waals surface area (Å²) in [4.78, 5) is 12.1. The van der Waals surface area contributed by atoms with Crippen LogP contribution in [0.4, 0.5) is 0 Å². The number of nitrogens with two attached hydrogens (primary N) is 1. The van der Waals surface area contributed by atoms with E-state index >= 15 is 0 Å². The first-order chi connectivity index (χ1) is 9.07. The number of fused-ring (bicyclic) bond motifs is 1. The normalized spacial score (nSPS) is 10.8. The Hall–Kier alpha value is -1.86. The Morgan fingerprint density at radius 1 is 1.42 bits per heavy atom. The highest BCUT2D eigenvalue weighted by molar-refractivity contribution is 7.80. The molecule has 0 spiro atoms. The monoisotopic (exact) mass is 281 g/mol. The van der Waals surface area contributed by atoms with Crippen molar-refractivity contribution in [1.29, 1.82) is 0 Å². The molecule has 0 saturated heterocycles. The minimum atomic E-state index is -0.287. The van der Waals surface area contributed by atoms with Crippen LogP contribution in [0.3, 0.4) is 0 Å². The smallest absolute Gasteiger partial charge is 0.335 e. The van der Waals surface area contributed by atoms with Crippen LogP contribution in [0.25, 0.3) is 11.0 Å². The highest BCUT2D eigenvalue weighted by atomic mass is 32.1. The van der Waals surface area contributed by atoms with Gasteiger partial charge in [-0.3, -0.25) is 4.57 Å². The Kier molecular flexibility index (Phi) is 3.87. The molecule has 0 aliphatic rings. The standard InChI is InChI=1S/C12H15N3O3S/c1-14-10-8(15(11(13)19)12(14)16)4-3-5-9(10)18-7-6-17-2/h3-5H,6-7H2,1-2H3,(H2,13,19). The summed E-state index contributed by atoms with van der Waals surface area (Å²) in [5, 5.41) is 0.0182. The van der Waals surface area contributed by atoms with E-state index in [1.807, 2.05) is 0 Å². The Balaban J connectivity index is 2.59. The third-order valence-electron chi connectivity index (χ3n) is 2.80. The van der Waals surface area contributed by atoms with Gasteiger partial charge in [-0.15, -0.1) is 0 Å². The molecule has 19 heavy (non-hydrogen) atoms. The Morgan fingerprint density at radius 3 is 2.79 bits per heavy atom. The van der Waals surface area contributed by atoms with E-state index in [2.05, 4.69) is 0 Å². The van der Waals surface area contributed by atoms with Crippen LogP contribution in [-0.4, -0.2) is 34.6 Å². The van der Waals surface area contributed by atoms with Crippen LogP contribution < -0.4 is 16.2 Å². The predicted octanol–water partition coefficient (Wildman–Crippen LogP) is 0.457. The SMILES string of the molecule is COCCOc1cccc2c1n(C)c(=O)n2C(N)=S. The second-order valence-corrected chi connectivity index (χ2v) is 4.40. The van der Waals surface area contributed by atoms with Crippen molar-refractivity contribution >= 4 is 28.4 Å². The summed E-state index contributed by atoms with van der Waals surface area (Å²) in [5.41, 5.74) is 6.60. The quantitative estimate of drug-likeness (QED) is 0.651. The van der Waals surface area contributed by atoms with Gasteiger partial charge in [0.05, 0.1) is 12.1 Å². The van der Waals surface area contributed by atoms with Crippen LogP contribution in [0.2, 0.25) is 0 Å². The number of methoxy groups -OCH3 is 1. The van der Waals surface area contributed by atoms with Crippen molar-refractivity contribution in [1.82, 2.24) is 9.13 Å². The van der Waals surface area contributed by atoms with E-state index in [4.69, 9.17) is 27.4 Å². The van der Waals surface area contributed by atoms with E-state index in [1.54, 1.807) is 32.4 Å². The number of ether oxygens (including phenoxy) is 2. The number of aryl methyl sites for hydroxylation is 1. The molecular weight excluding hydrogens is 266 g/mol. The van der Waals surface area contributed by atoms with E-state index in [9.17, 15) is 4.79 Å². The fourth-order valence-corrected chi connectivity index (χ4v) is 2.12. The molecular formula is C12H15N3O3S. The molecule has 0 aliphatic carbocycles. The first kappa shape index (κ1) is 13.6. The number of para-hydroxylation sites is 1. The third kappa shape index (κ3) is 2.34. The van der Waals surface area contributed by atoms with Gasteiger partial charge in [0.15, 0.2) is 5.11 Å². The van der Waals surface area contributed by atoms with Crippen LogP contribution in [0.1, 0.15) is 0 Å². The lowest BCUT2D eigenvalue weighted by molar-refractivity contribution is 0.147. The Bertz CT molecular complexity index is 675. The number of hydrogen-bond donors (Lipinski definition) is 1. The summed E-state index contributed by atoms with van der Waals surface area (Å²) in [7, 11) is 3.26. The average Bonchev–Trinajstić information content (AvgIpc) is 2.63. The summed E-state index contributed by atoms with van der Waals surface area (Å²) in [6.07, 6.45) is 0. The molecule has 0 fully saturated rings. The number of rotatable bonds is 4. The highest BCUT2D eigenvalue weighted by Gasteiger charge is 2.15. The predicted molar refractivity (Wildman–Crippen MR) is 76.7 cm³/mol. The summed E-state index contributed by atoms with van der Waals surface area (Å²) >= 11 is 4.91. The van der Waals surface area contributed by atoms with Crippen molar-refractivity contribution in [2.75, 3.05) is 20.3 Å². The summed E-state index contributed by atoms with van der Waals surface area (Å²) < 4.78 is 13.3. The maximum atomic E-state index is 12.1. The number of aromatic nitrogens is 2. The topological polar surface area (TPSA) is 71.4 Å². The van der Waals surface area contributed by atoms with Gasteiger partial charge in [-0.2, -0.15) is 0 Å². The third-order valence-corrected chi connectivity index (χ3v) is 2.98. The molecule has 2 rings (SSSR count). The van der Waals surface area contributed by atoms with Crippen LogP contribution in [0.15, 0.2) is 23.0 Å². The van der Waals surface area contributed by atoms with Gasteiger partial charge in [0.2, 0.25) is 0 Å². The van der Waals surface area contributed by atoms with Crippen molar-refractivity contribution in [2.24, 2.45) is 12.8 Å². The second-order valence-electron chi connectivity index (χ2n) is 3.98. The Labute approximate surface area is 115 Å². The van der Waals surface area contributed by atoms with Gasteiger partial charge in [0.25, 0.3) is 0 Å². The minimum absolute atomic E-state index is 0.0182. The lowest BCUT2D eigenvalue weighted by Gasteiger charge is -2.07. The number of hydrogen-bond acceptors (Lipinski definition) is 4. The van der Waals surface area contributed by atoms with E-state index in [0.717, 1.165) is 0 Å². The number of imidazole rings is 1. The van der Waals surface area contributed by atoms with Crippen LogP contribution >= 0.6 is 12.2 Å². The molecule has 102 valence electrons. The zero-order valence-electron chi connectivity index (χ0n) is 10.8. The van der Waals surface area contributed by atoms with Crippen molar-refractivity contribution in [2.45, 2.75) is 0 Å². The lowest BCUT2D eigenvalue weighted by Crippen LogP contribution is -2.31. The molecule has 7 heteroatoms. The van der Waals surface area contributed by atoms with Crippen molar-refractivity contribution in [3.63, 3.8) is 0 Å². The number of nitrogens with zero attached hydrogens (tertiary/aromatic N) is 2. The first-order valence-corrected chi connectivity index (χ1v) is 6.10. The van der Waals surface area contributed by atoms with Gasteiger partial charge in [0, 0.05) is 14.2 Å². The van der Waals surface area contributed by atoms with Gasteiger partial charge < -0.3 is 15.2 Å². The minimum Gasteiger partial charge on any atom is -0.489 e. The molecule has 0 amide bonds. The van der Waals surface area contributed by atoms with E-state index in [-0.39, 0.29) is 10.8 Å². The molecule has 0 radical (unpaired) electrons. The largest absolute Gasteiger partial charge is 0.489 e. The molecule has 0 unspecified atom stereocenters. The fraction of sp³-hybridized carbons (Fsp3) is 0.333. The molecule has 6 nitrogen and oxygen atoms in total. The molecule has 2 N–H and O–H groups in total. The van der Waals surface area contributed by atoms with E-state index in [1.165, 1.54) is 9.13 Å². The summed E-state index contributed by atoms with van der Waals surface area (Å²) in [6.45, 7) is 0.877. The molecule has 2 aromatic rings. The maximum Gasteiger partial charge on any atom is 0.335 e. The molecule has 0 atom stereocenters. The zero-order chi connectivity index (χ0) is 14.0. The van der Waals surface area contributed by atoms with Crippen LogP contribution in [0, 0.1) is 0 Å². The van der Waals surface area contributed by atoms with Gasteiger partial charge in [-0.25, -0.2) is 9.36 Å². The zero-order valence-corrected chi connectivity index (χ0v) is 11.6. The van der Waals surface area contributed by atoms with Crippen molar-refractivity contribution in [3.05, 3.63) is 28.7 Å². The van der Waals surface area contributed by atoms with Gasteiger partial charge >= 0.3 is 5.69 Å². The Morgan fingerprint density at radius 2 is 2.16 bits per heavy atom. The van der Waals surface area contributed by atoms with Gasteiger partial charge in [0.1, 0.15) is 17.9 Å². The molecule has 0 bridgehead atoms.